The predicted octanol–water partition coefficient (Wildman–Crippen LogP) is -0.216. The van der Waals surface area contributed by atoms with Crippen molar-refractivity contribution in [2.75, 3.05) is 39.3 Å². The lowest BCUT2D eigenvalue weighted by Crippen LogP contribution is -2.63. The molecule has 2 rings (SSSR count). The van der Waals surface area contributed by atoms with Crippen molar-refractivity contribution in [3.05, 3.63) is 0 Å². The van der Waals surface area contributed by atoms with Crippen molar-refractivity contribution in [1.29, 1.82) is 0 Å². The standard InChI is InChI=1S/C12H20N2O4/c1-12(18-7-11(16)17)8-13(9-12)6-10(15)14-4-2-3-5-14/h2-9H2,1H3,(H,16,17). The summed E-state index contributed by atoms with van der Waals surface area (Å²) in [4.78, 5) is 26.2. The lowest BCUT2D eigenvalue weighted by atomic mass is 9.96. The van der Waals surface area contributed by atoms with Gasteiger partial charge in [0.2, 0.25) is 5.91 Å². The van der Waals surface area contributed by atoms with Crippen LogP contribution in [0.15, 0.2) is 0 Å². The third kappa shape index (κ3) is 3.20. The predicted molar refractivity (Wildman–Crippen MR) is 64.2 cm³/mol. The van der Waals surface area contributed by atoms with E-state index in [4.69, 9.17) is 9.84 Å². The highest BCUT2D eigenvalue weighted by atomic mass is 16.5. The van der Waals surface area contributed by atoms with Gasteiger partial charge in [0.1, 0.15) is 6.61 Å². The van der Waals surface area contributed by atoms with Crippen LogP contribution in [0.2, 0.25) is 0 Å². The molecule has 6 heteroatoms. The number of nitrogens with zero attached hydrogens (tertiary/aromatic N) is 2. The molecule has 1 amide bonds. The number of likely N-dealkylation sites (tertiary alicyclic amines) is 2. The third-order valence-electron chi connectivity index (χ3n) is 3.48. The van der Waals surface area contributed by atoms with Gasteiger partial charge >= 0.3 is 5.97 Å². The zero-order valence-electron chi connectivity index (χ0n) is 10.7. The molecule has 2 saturated heterocycles. The number of carbonyl (C=O) groups excluding carboxylic acids is 1. The van der Waals surface area contributed by atoms with E-state index in [9.17, 15) is 9.59 Å². The number of amides is 1. The van der Waals surface area contributed by atoms with Crippen LogP contribution in [0.3, 0.4) is 0 Å². The minimum absolute atomic E-state index is 0.174. The average molecular weight is 256 g/mol. The molecule has 0 spiro atoms. The summed E-state index contributed by atoms with van der Waals surface area (Å²) in [6, 6.07) is 0. The van der Waals surface area contributed by atoms with Crippen LogP contribution in [-0.4, -0.2) is 71.7 Å². The maximum Gasteiger partial charge on any atom is 0.329 e. The minimum atomic E-state index is -0.956. The fourth-order valence-electron chi connectivity index (χ4n) is 2.60. The molecular formula is C12H20N2O4. The van der Waals surface area contributed by atoms with Gasteiger partial charge in [0.15, 0.2) is 0 Å². The molecule has 2 heterocycles. The first kappa shape index (κ1) is 13.3. The monoisotopic (exact) mass is 256 g/mol. The van der Waals surface area contributed by atoms with Crippen molar-refractivity contribution in [3.8, 4) is 0 Å². The van der Waals surface area contributed by atoms with Gasteiger partial charge in [0.05, 0.1) is 12.1 Å². The van der Waals surface area contributed by atoms with Crippen LogP contribution in [0.4, 0.5) is 0 Å². The molecule has 18 heavy (non-hydrogen) atoms. The van der Waals surface area contributed by atoms with Crippen LogP contribution in [0.1, 0.15) is 19.8 Å². The van der Waals surface area contributed by atoms with Crippen LogP contribution in [0.5, 0.6) is 0 Å². The van der Waals surface area contributed by atoms with Gasteiger partial charge in [-0.2, -0.15) is 0 Å². The van der Waals surface area contributed by atoms with Gasteiger partial charge in [-0.3, -0.25) is 9.69 Å². The second-order valence-corrected chi connectivity index (χ2v) is 5.37. The third-order valence-corrected chi connectivity index (χ3v) is 3.48. The molecule has 0 aliphatic carbocycles. The Morgan fingerprint density at radius 1 is 1.28 bits per heavy atom. The SMILES string of the molecule is CC1(OCC(=O)O)CN(CC(=O)N2CCCC2)C1. The van der Waals surface area contributed by atoms with Gasteiger partial charge in [-0.05, 0) is 19.8 Å². The second-order valence-electron chi connectivity index (χ2n) is 5.37. The molecule has 2 aliphatic heterocycles. The largest absolute Gasteiger partial charge is 0.480 e. The van der Waals surface area contributed by atoms with Crippen molar-refractivity contribution < 1.29 is 19.4 Å². The molecule has 0 aromatic rings. The van der Waals surface area contributed by atoms with Crippen LogP contribution >= 0.6 is 0 Å². The first-order valence-corrected chi connectivity index (χ1v) is 6.34. The number of hydrogen-bond acceptors (Lipinski definition) is 4. The van der Waals surface area contributed by atoms with Gasteiger partial charge in [-0.15, -0.1) is 0 Å². The molecule has 1 N–H and O–H groups in total. The Morgan fingerprint density at radius 3 is 2.44 bits per heavy atom. The zero-order chi connectivity index (χ0) is 13.2. The maximum absolute atomic E-state index is 11.9. The molecule has 6 nitrogen and oxygen atoms in total. The quantitative estimate of drug-likeness (QED) is 0.736. The van der Waals surface area contributed by atoms with Gasteiger partial charge in [0.25, 0.3) is 0 Å². The van der Waals surface area contributed by atoms with Crippen molar-refractivity contribution in [3.63, 3.8) is 0 Å². The van der Waals surface area contributed by atoms with Crippen LogP contribution in [0.25, 0.3) is 0 Å². The van der Waals surface area contributed by atoms with E-state index in [1.807, 2.05) is 16.7 Å². The number of rotatable bonds is 5. The molecule has 0 bridgehead atoms. The second kappa shape index (κ2) is 5.24. The van der Waals surface area contributed by atoms with Crippen LogP contribution < -0.4 is 0 Å². The summed E-state index contributed by atoms with van der Waals surface area (Å²) in [6.45, 7) is 5.03. The molecule has 0 unspecified atom stereocenters. The Morgan fingerprint density at radius 2 is 1.89 bits per heavy atom. The number of carboxylic acid groups (broad SMARTS) is 1. The van der Waals surface area contributed by atoms with Gasteiger partial charge < -0.3 is 14.7 Å². The van der Waals surface area contributed by atoms with E-state index in [2.05, 4.69) is 0 Å². The Hall–Kier alpha value is -1.14. The van der Waals surface area contributed by atoms with Crippen LogP contribution in [0, 0.1) is 0 Å². The van der Waals surface area contributed by atoms with E-state index in [1.54, 1.807) is 0 Å². The molecule has 0 atom stereocenters. The van der Waals surface area contributed by atoms with Crippen molar-refractivity contribution in [2.24, 2.45) is 0 Å². The molecule has 0 saturated carbocycles. The normalized spacial score (nSPS) is 22.8. The van der Waals surface area contributed by atoms with Gasteiger partial charge in [-0.1, -0.05) is 0 Å². The topological polar surface area (TPSA) is 70.1 Å². The first-order valence-electron chi connectivity index (χ1n) is 6.34. The van der Waals surface area contributed by atoms with E-state index in [0.29, 0.717) is 19.6 Å². The highest BCUT2D eigenvalue weighted by Crippen LogP contribution is 2.24. The van der Waals surface area contributed by atoms with Crippen molar-refractivity contribution in [2.45, 2.75) is 25.4 Å². The number of carbonyl (C=O) groups is 2. The van der Waals surface area contributed by atoms with Crippen molar-refractivity contribution >= 4 is 11.9 Å². The van der Waals surface area contributed by atoms with Crippen LogP contribution in [-0.2, 0) is 14.3 Å². The first-order chi connectivity index (χ1) is 8.48. The summed E-state index contributed by atoms with van der Waals surface area (Å²) in [7, 11) is 0. The maximum atomic E-state index is 11.9. The number of hydrogen-bond donors (Lipinski definition) is 1. The van der Waals surface area contributed by atoms with Gasteiger partial charge in [0, 0.05) is 26.2 Å². The molecule has 0 aromatic heterocycles. The fourth-order valence-corrected chi connectivity index (χ4v) is 2.60. The summed E-state index contributed by atoms with van der Waals surface area (Å²) >= 11 is 0. The summed E-state index contributed by atoms with van der Waals surface area (Å²) in [5.74, 6) is -0.782. The van der Waals surface area contributed by atoms with E-state index >= 15 is 0 Å². The van der Waals surface area contributed by atoms with Gasteiger partial charge in [-0.25, -0.2) is 4.79 Å². The van der Waals surface area contributed by atoms with E-state index in [0.717, 1.165) is 25.9 Å². The summed E-state index contributed by atoms with van der Waals surface area (Å²) < 4.78 is 5.30. The number of aliphatic carboxylic acids is 1. The zero-order valence-corrected chi connectivity index (χ0v) is 10.7. The lowest BCUT2D eigenvalue weighted by Gasteiger charge is -2.47. The van der Waals surface area contributed by atoms with E-state index in [1.165, 1.54) is 0 Å². The van der Waals surface area contributed by atoms with E-state index < -0.39 is 11.6 Å². The van der Waals surface area contributed by atoms with Crippen molar-refractivity contribution in [1.82, 2.24) is 9.80 Å². The lowest BCUT2D eigenvalue weighted by molar-refractivity contribution is -0.167. The highest BCUT2D eigenvalue weighted by Gasteiger charge is 2.41. The summed E-state index contributed by atoms with van der Waals surface area (Å²) in [6.07, 6.45) is 2.20. The smallest absolute Gasteiger partial charge is 0.329 e. The molecule has 0 radical (unpaired) electrons. The Bertz CT molecular complexity index is 333. The number of ether oxygens (including phenoxy) is 1. The summed E-state index contributed by atoms with van der Waals surface area (Å²) in [5, 5.41) is 8.55. The highest BCUT2D eigenvalue weighted by molar-refractivity contribution is 5.78. The Balaban J connectivity index is 1.68. The molecule has 2 aliphatic rings. The average Bonchev–Trinajstić information content (AvgIpc) is 2.77. The Labute approximate surface area is 106 Å². The minimum Gasteiger partial charge on any atom is -0.480 e. The molecule has 2 fully saturated rings. The number of carboxylic acids is 1. The van der Waals surface area contributed by atoms with E-state index in [-0.39, 0.29) is 12.5 Å². The molecule has 0 aromatic carbocycles. The molecular weight excluding hydrogens is 236 g/mol. The Kier molecular flexibility index (Phi) is 3.87. The fraction of sp³-hybridized carbons (Fsp3) is 0.833. The summed E-state index contributed by atoms with van der Waals surface area (Å²) in [5.41, 5.74) is -0.413. The molecule has 102 valence electrons.